The standard InChI is InChI=1S/C24H23N3O3/c1-15-13-19-24(30-20-6-4-3-5-18(20)26-19)22(23(15)28)17-8-7-16(14-21(17)29-2)27-11-9-25-10-12-27/h3-8,13-14,25H,9-12H2,1-2H3. The molecule has 2 aromatic rings. The van der Waals surface area contributed by atoms with Crippen LogP contribution >= 0.6 is 0 Å². The highest BCUT2D eigenvalue weighted by Gasteiger charge is 2.24. The molecule has 2 aromatic carbocycles. The first-order valence-corrected chi connectivity index (χ1v) is 10.1. The predicted molar refractivity (Wildman–Crippen MR) is 119 cm³/mol. The van der Waals surface area contributed by atoms with Crippen LogP contribution in [0.2, 0.25) is 0 Å². The molecule has 30 heavy (non-hydrogen) atoms. The van der Waals surface area contributed by atoms with Gasteiger partial charge in [-0.15, -0.1) is 0 Å². The first-order chi connectivity index (χ1) is 14.7. The number of aryl methyl sites for hydroxylation is 1. The monoisotopic (exact) mass is 401 g/mol. The Morgan fingerprint density at radius 2 is 1.90 bits per heavy atom. The van der Waals surface area contributed by atoms with Crippen LogP contribution in [0.15, 0.2) is 57.7 Å². The largest absolute Gasteiger partial charge is 0.496 e. The van der Waals surface area contributed by atoms with Crippen molar-refractivity contribution in [1.82, 2.24) is 10.3 Å². The molecule has 0 bridgehead atoms. The minimum atomic E-state index is -0.0726. The molecule has 0 aromatic heterocycles. The Balaban J connectivity index is 1.73. The van der Waals surface area contributed by atoms with Gasteiger partial charge in [-0.1, -0.05) is 12.1 Å². The van der Waals surface area contributed by atoms with Gasteiger partial charge in [0.05, 0.1) is 12.7 Å². The van der Waals surface area contributed by atoms with Gasteiger partial charge in [0.25, 0.3) is 0 Å². The molecule has 152 valence electrons. The zero-order chi connectivity index (χ0) is 20.7. The van der Waals surface area contributed by atoms with Crippen molar-refractivity contribution in [3.05, 3.63) is 64.3 Å². The summed E-state index contributed by atoms with van der Waals surface area (Å²) in [5.41, 5.74) is 4.92. The number of hydrogen-bond donors (Lipinski definition) is 1. The van der Waals surface area contributed by atoms with Crippen molar-refractivity contribution in [2.24, 2.45) is 0 Å². The minimum Gasteiger partial charge on any atom is -0.496 e. The summed E-state index contributed by atoms with van der Waals surface area (Å²) in [4.78, 5) is 20.2. The topological polar surface area (TPSA) is 67.6 Å². The fraction of sp³-hybridized carbons (Fsp3) is 0.250. The lowest BCUT2D eigenvalue weighted by molar-refractivity contribution is 0.416. The molecule has 0 spiro atoms. The Labute approximate surface area is 174 Å². The number of methoxy groups -OCH3 is 1. The first kappa shape index (κ1) is 18.6. The van der Waals surface area contributed by atoms with Crippen LogP contribution in [0, 0.1) is 6.92 Å². The Morgan fingerprint density at radius 1 is 1.10 bits per heavy atom. The third-order valence-corrected chi connectivity index (χ3v) is 5.65. The highest BCUT2D eigenvalue weighted by atomic mass is 16.5. The lowest BCUT2D eigenvalue weighted by Gasteiger charge is -2.30. The molecule has 1 fully saturated rings. The van der Waals surface area contributed by atoms with E-state index in [1.54, 1.807) is 13.2 Å². The third kappa shape index (κ3) is 3.09. The number of hydrogen-bond acceptors (Lipinski definition) is 6. The van der Waals surface area contributed by atoms with Crippen molar-refractivity contribution < 1.29 is 9.15 Å². The van der Waals surface area contributed by atoms with E-state index >= 15 is 0 Å². The normalized spacial score (nSPS) is 14.4. The summed E-state index contributed by atoms with van der Waals surface area (Å²) in [6.07, 6.45) is 0. The summed E-state index contributed by atoms with van der Waals surface area (Å²) in [5, 5.41) is 3.37. The van der Waals surface area contributed by atoms with E-state index in [9.17, 15) is 4.79 Å². The second-order valence-corrected chi connectivity index (χ2v) is 7.55. The Bertz CT molecular complexity index is 1260. The van der Waals surface area contributed by atoms with Crippen LogP contribution in [-0.2, 0) is 0 Å². The Morgan fingerprint density at radius 3 is 2.70 bits per heavy atom. The van der Waals surface area contributed by atoms with Crippen LogP contribution in [0.25, 0.3) is 33.7 Å². The summed E-state index contributed by atoms with van der Waals surface area (Å²) >= 11 is 0. The van der Waals surface area contributed by atoms with Gasteiger partial charge in [-0.3, -0.25) is 4.79 Å². The summed E-state index contributed by atoms with van der Waals surface area (Å²) in [6, 6.07) is 15.4. The quantitative estimate of drug-likeness (QED) is 0.528. The van der Waals surface area contributed by atoms with Crippen molar-refractivity contribution in [1.29, 1.82) is 0 Å². The molecule has 1 saturated heterocycles. The molecule has 2 aliphatic heterocycles. The van der Waals surface area contributed by atoms with Crippen LogP contribution in [0.5, 0.6) is 5.75 Å². The number of piperazine rings is 1. The lowest BCUT2D eigenvalue weighted by Crippen LogP contribution is -2.43. The van der Waals surface area contributed by atoms with Crippen LogP contribution in [0.1, 0.15) is 5.56 Å². The predicted octanol–water partition coefficient (Wildman–Crippen LogP) is 3.69. The molecule has 1 aliphatic carbocycles. The van der Waals surface area contributed by atoms with Crippen LogP contribution in [0.3, 0.4) is 0 Å². The van der Waals surface area contributed by atoms with Crippen molar-refractivity contribution in [2.75, 3.05) is 38.2 Å². The average Bonchev–Trinajstić information content (AvgIpc) is 2.79. The number of nitrogens with one attached hydrogen (secondary N) is 1. The molecule has 6 heteroatoms. The molecule has 0 saturated carbocycles. The van der Waals surface area contributed by atoms with Crippen molar-refractivity contribution in [3.63, 3.8) is 0 Å². The number of fused-ring (bicyclic) bond motifs is 2. The molecule has 5 rings (SSSR count). The summed E-state index contributed by atoms with van der Waals surface area (Å²) < 4.78 is 11.9. The Kier molecular flexibility index (Phi) is 4.64. The van der Waals surface area contributed by atoms with Gasteiger partial charge in [0.2, 0.25) is 0 Å². The minimum absolute atomic E-state index is 0.0726. The second kappa shape index (κ2) is 7.46. The number of para-hydroxylation sites is 2. The van der Waals surface area contributed by atoms with Gasteiger partial charge >= 0.3 is 0 Å². The average molecular weight is 401 g/mol. The second-order valence-electron chi connectivity index (χ2n) is 7.55. The fourth-order valence-electron chi connectivity index (χ4n) is 4.08. The zero-order valence-corrected chi connectivity index (χ0v) is 17.1. The van der Waals surface area contributed by atoms with Gasteiger partial charge in [0, 0.05) is 43.5 Å². The number of rotatable bonds is 3. The smallest absolute Gasteiger partial charge is 0.193 e. The van der Waals surface area contributed by atoms with Gasteiger partial charge in [0.1, 0.15) is 17.0 Å². The van der Waals surface area contributed by atoms with Crippen molar-refractivity contribution in [2.45, 2.75) is 6.92 Å². The number of aromatic nitrogens is 1. The van der Waals surface area contributed by atoms with E-state index in [1.165, 1.54) is 0 Å². The number of anilines is 1. The van der Waals surface area contributed by atoms with Crippen LogP contribution in [-0.4, -0.2) is 38.3 Å². The Hall–Kier alpha value is -3.38. The van der Waals surface area contributed by atoms with Crippen molar-refractivity contribution >= 4 is 16.8 Å². The number of ether oxygens (including phenoxy) is 1. The van der Waals surface area contributed by atoms with E-state index in [-0.39, 0.29) is 5.43 Å². The number of nitrogens with zero attached hydrogens (tertiary/aromatic N) is 2. The molecule has 0 radical (unpaired) electrons. The summed E-state index contributed by atoms with van der Waals surface area (Å²) in [7, 11) is 1.63. The molecular weight excluding hydrogens is 378 g/mol. The lowest BCUT2D eigenvalue weighted by atomic mass is 9.96. The van der Waals surface area contributed by atoms with Gasteiger partial charge in [0.15, 0.2) is 16.8 Å². The molecule has 0 unspecified atom stereocenters. The van der Waals surface area contributed by atoms with Crippen molar-refractivity contribution in [3.8, 4) is 28.3 Å². The molecule has 3 aliphatic rings. The fourth-order valence-corrected chi connectivity index (χ4v) is 4.08. The zero-order valence-electron chi connectivity index (χ0n) is 17.1. The molecule has 2 heterocycles. The van der Waals surface area contributed by atoms with Gasteiger partial charge < -0.3 is 19.4 Å². The van der Waals surface area contributed by atoms with Gasteiger partial charge in [-0.25, -0.2) is 4.98 Å². The van der Waals surface area contributed by atoms with Crippen LogP contribution in [0.4, 0.5) is 5.69 Å². The number of benzene rings is 3. The SMILES string of the molecule is COc1cc(N2CCNCC2)ccc1-c1c2oc3ccccc3nc-2cc(C)c1=O. The van der Waals surface area contributed by atoms with E-state index in [4.69, 9.17) is 14.1 Å². The maximum Gasteiger partial charge on any atom is 0.193 e. The van der Waals surface area contributed by atoms with E-state index in [1.807, 2.05) is 49.4 Å². The summed E-state index contributed by atoms with van der Waals surface area (Å²) in [6.45, 7) is 5.59. The van der Waals surface area contributed by atoms with Crippen LogP contribution < -0.4 is 20.4 Å². The van der Waals surface area contributed by atoms with Gasteiger partial charge in [-0.05, 0) is 42.8 Å². The van der Waals surface area contributed by atoms with E-state index in [0.717, 1.165) is 42.9 Å². The highest BCUT2D eigenvalue weighted by molar-refractivity contribution is 5.87. The van der Waals surface area contributed by atoms with E-state index in [2.05, 4.69) is 10.2 Å². The maximum absolute atomic E-state index is 13.2. The first-order valence-electron chi connectivity index (χ1n) is 10.1. The summed E-state index contributed by atoms with van der Waals surface area (Å²) in [5.74, 6) is 1.14. The van der Waals surface area contributed by atoms with Gasteiger partial charge in [-0.2, -0.15) is 0 Å². The maximum atomic E-state index is 13.2. The highest BCUT2D eigenvalue weighted by Crippen LogP contribution is 2.39. The molecule has 0 atom stereocenters. The third-order valence-electron chi connectivity index (χ3n) is 5.65. The molecule has 1 N–H and O–H groups in total. The molecular formula is C24H23N3O3. The van der Waals surface area contributed by atoms with E-state index < -0.39 is 0 Å². The molecule has 6 nitrogen and oxygen atoms in total. The molecule has 0 amide bonds. The van der Waals surface area contributed by atoms with E-state index in [0.29, 0.717) is 33.9 Å².